The average molecular weight is 184 g/mol. The van der Waals surface area contributed by atoms with Crippen LogP contribution in [0.2, 0.25) is 0 Å². The highest BCUT2D eigenvalue weighted by atomic mass is 16.3. The third kappa shape index (κ3) is 1.87. The number of hydrogen-bond acceptors (Lipinski definition) is 3. The van der Waals surface area contributed by atoms with Crippen LogP contribution in [0.5, 0.6) is 0 Å². The van der Waals surface area contributed by atoms with Gasteiger partial charge in [0.05, 0.1) is 6.10 Å². The Morgan fingerprint density at radius 1 is 1.38 bits per heavy atom. The molecule has 2 fully saturated rings. The molecule has 2 rings (SSSR count). The van der Waals surface area contributed by atoms with E-state index in [2.05, 4.69) is 17.1 Å². The van der Waals surface area contributed by atoms with Crippen molar-refractivity contribution in [1.29, 1.82) is 0 Å². The van der Waals surface area contributed by atoms with Gasteiger partial charge in [-0.05, 0) is 32.7 Å². The molecule has 2 saturated heterocycles. The molecule has 0 aromatic rings. The summed E-state index contributed by atoms with van der Waals surface area (Å²) in [6, 6.07) is 0. The van der Waals surface area contributed by atoms with Gasteiger partial charge in [0.2, 0.25) is 0 Å². The van der Waals surface area contributed by atoms with Crippen LogP contribution in [0, 0.1) is 0 Å². The number of rotatable bonds is 1. The molecule has 0 radical (unpaired) electrons. The number of nitrogens with one attached hydrogen (secondary N) is 1. The van der Waals surface area contributed by atoms with E-state index in [0.29, 0.717) is 5.54 Å². The molecule has 0 saturated carbocycles. The van der Waals surface area contributed by atoms with Crippen LogP contribution >= 0.6 is 0 Å². The second-order valence-corrected chi connectivity index (χ2v) is 4.64. The highest BCUT2D eigenvalue weighted by Gasteiger charge is 2.36. The molecule has 0 aromatic heterocycles. The molecule has 2 aliphatic rings. The summed E-state index contributed by atoms with van der Waals surface area (Å²) < 4.78 is 0. The molecule has 1 atom stereocenters. The number of piperidine rings is 1. The van der Waals surface area contributed by atoms with Crippen molar-refractivity contribution in [3.05, 3.63) is 0 Å². The molecule has 0 bridgehead atoms. The summed E-state index contributed by atoms with van der Waals surface area (Å²) in [5.74, 6) is 0. The predicted molar refractivity (Wildman–Crippen MR) is 52.7 cm³/mol. The molecule has 0 aromatic carbocycles. The molecule has 0 spiro atoms. The number of aliphatic hydroxyl groups is 1. The first-order chi connectivity index (χ1) is 6.21. The van der Waals surface area contributed by atoms with Crippen molar-refractivity contribution in [1.82, 2.24) is 10.2 Å². The molecule has 0 aliphatic carbocycles. The van der Waals surface area contributed by atoms with Crippen LogP contribution in [0.25, 0.3) is 0 Å². The Hall–Kier alpha value is -0.120. The third-order valence-corrected chi connectivity index (χ3v) is 3.57. The maximum absolute atomic E-state index is 9.41. The Balaban J connectivity index is 1.93. The van der Waals surface area contributed by atoms with Gasteiger partial charge in [0.1, 0.15) is 0 Å². The van der Waals surface area contributed by atoms with Gasteiger partial charge in [-0.15, -0.1) is 0 Å². The van der Waals surface area contributed by atoms with Gasteiger partial charge in [0.25, 0.3) is 0 Å². The van der Waals surface area contributed by atoms with E-state index in [1.807, 2.05) is 0 Å². The number of hydrogen-bond donors (Lipinski definition) is 2. The van der Waals surface area contributed by atoms with E-state index < -0.39 is 0 Å². The smallest absolute Gasteiger partial charge is 0.0564 e. The van der Waals surface area contributed by atoms with E-state index in [0.717, 1.165) is 39.0 Å². The average Bonchev–Trinajstić information content (AvgIpc) is 2.54. The summed E-state index contributed by atoms with van der Waals surface area (Å²) in [5.41, 5.74) is 0.361. The van der Waals surface area contributed by atoms with E-state index in [-0.39, 0.29) is 6.10 Å². The lowest BCUT2D eigenvalue weighted by atomic mass is 9.95. The number of aliphatic hydroxyl groups excluding tert-OH is 1. The van der Waals surface area contributed by atoms with Crippen LogP contribution in [-0.2, 0) is 0 Å². The summed E-state index contributed by atoms with van der Waals surface area (Å²) in [6.45, 7) is 6.74. The first-order valence-corrected chi connectivity index (χ1v) is 5.34. The van der Waals surface area contributed by atoms with Gasteiger partial charge in [0.15, 0.2) is 0 Å². The Labute approximate surface area is 80.1 Å². The Kier molecular flexibility index (Phi) is 2.58. The lowest BCUT2D eigenvalue weighted by Crippen LogP contribution is -2.52. The van der Waals surface area contributed by atoms with E-state index >= 15 is 0 Å². The van der Waals surface area contributed by atoms with Crippen LogP contribution < -0.4 is 5.32 Å². The molecule has 2 N–H and O–H groups in total. The number of likely N-dealkylation sites (tertiary alicyclic amines) is 1. The first kappa shape index (κ1) is 9.44. The Bertz CT molecular complexity index is 170. The molecular formula is C10H20N2O. The van der Waals surface area contributed by atoms with E-state index in [1.54, 1.807) is 0 Å². The molecule has 13 heavy (non-hydrogen) atoms. The molecule has 3 nitrogen and oxygen atoms in total. The van der Waals surface area contributed by atoms with Gasteiger partial charge < -0.3 is 10.4 Å². The maximum atomic E-state index is 9.41. The highest BCUT2D eigenvalue weighted by molar-refractivity contribution is 4.95. The van der Waals surface area contributed by atoms with Crippen LogP contribution in [0.15, 0.2) is 0 Å². The highest BCUT2D eigenvalue weighted by Crippen LogP contribution is 2.26. The van der Waals surface area contributed by atoms with Crippen molar-refractivity contribution in [2.24, 2.45) is 0 Å². The van der Waals surface area contributed by atoms with E-state index in [9.17, 15) is 5.11 Å². The summed E-state index contributed by atoms with van der Waals surface area (Å²) >= 11 is 0. The van der Waals surface area contributed by atoms with Crippen LogP contribution in [0.4, 0.5) is 0 Å². The number of nitrogens with zero attached hydrogens (tertiary/aromatic N) is 1. The zero-order valence-corrected chi connectivity index (χ0v) is 8.42. The van der Waals surface area contributed by atoms with Gasteiger partial charge in [-0.2, -0.15) is 0 Å². The van der Waals surface area contributed by atoms with Gasteiger partial charge in [-0.25, -0.2) is 0 Å². The molecule has 76 valence electrons. The van der Waals surface area contributed by atoms with Crippen molar-refractivity contribution in [3.63, 3.8) is 0 Å². The normalized spacial score (nSPS) is 38.3. The summed E-state index contributed by atoms with van der Waals surface area (Å²) in [4.78, 5) is 2.54. The zero-order valence-electron chi connectivity index (χ0n) is 8.42. The standard InChI is InChI=1S/C10H20N2O/c1-10(4-5-11-8-10)12-6-2-9(13)3-7-12/h9,11,13H,2-8H2,1H3. The largest absolute Gasteiger partial charge is 0.393 e. The molecule has 2 aliphatic heterocycles. The van der Waals surface area contributed by atoms with Crippen molar-refractivity contribution in [2.45, 2.75) is 37.8 Å². The topological polar surface area (TPSA) is 35.5 Å². The summed E-state index contributed by atoms with van der Waals surface area (Å²) in [6.07, 6.45) is 3.11. The predicted octanol–water partition coefficient (Wildman–Crippen LogP) is 0.195. The molecule has 3 heteroatoms. The van der Waals surface area contributed by atoms with E-state index in [1.165, 1.54) is 6.42 Å². The zero-order chi connectivity index (χ0) is 9.31. The minimum Gasteiger partial charge on any atom is -0.393 e. The van der Waals surface area contributed by atoms with Crippen LogP contribution in [0.1, 0.15) is 26.2 Å². The van der Waals surface area contributed by atoms with Crippen LogP contribution in [-0.4, -0.2) is 47.8 Å². The summed E-state index contributed by atoms with van der Waals surface area (Å²) in [7, 11) is 0. The minimum absolute atomic E-state index is 0.0470. The lowest BCUT2D eigenvalue weighted by Gasteiger charge is -2.41. The van der Waals surface area contributed by atoms with Gasteiger partial charge >= 0.3 is 0 Å². The second kappa shape index (κ2) is 3.56. The lowest BCUT2D eigenvalue weighted by molar-refractivity contribution is 0.0309. The van der Waals surface area contributed by atoms with Crippen molar-refractivity contribution >= 4 is 0 Å². The third-order valence-electron chi connectivity index (χ3n) is 3.57. The van der Waals surface area contributed by atoms with Gasteiger partial charge in [-0.1, -0.05) is 0 Å². The fourth-order valence-electron chi connectivity index (χ4n) is 2.48. The molecule has 0 amide bonds. The van der Waals surface area contributed by atoms with Crippen LogP contribution in [0.3, 0.4) is 0 Å². The van der Waals surface area contributed by atoms with Gasteiger partial charge in [0, 0.05) is 25.2 Å². The second-order valence-electron chi connectivity index (χ2n) is 4.64. The van der Waals surface area contributed by atoms with E-state index in [4.69, 9.17) is 0 Å². The fraction of sp³-hybridized carbons (Fsp3) is 1.00. The maximum Gasteiger partial charge on any atom is 0.0564 e. The molecule has 1 unspecified atom stereocenters. The fourth-order valence-corrected chi connectivity index (χ4v) is 2.48. The quantitative estimate of drug-likeness (QED) is 0.611. The van der Waals surface area contributed by atoms with Crippen molar-refractivity contribution in [2.75, 3.05) is 26.2 Å². The summed E-state index contributed by atoms with van der Waals surface area (Å²) in [5, 5.41) is 12.8. The van der Waals surface area contributed by atoms with Gasteiger partial charge in [-0.3, -0.25) is 4.90 Å². The molecule has 2 heterocycles. The molecular weight excluding hydrogens is 164 g/mol. The Morgan fingerprint density at radius 3 is 2.62 bits per heavy atom. The minimum atomic E-state index is -0.0470. The van der Waals surface area contributed by atoms with Crippen molar-refractivity contribution in [3.8, 4) is 0 Å². The monoisotopic (exact) mass is 184 g/mol. The Morgan fingerprint density at radius 2 is 2.08 bits per heavy atom. The first-order valence-electron chi connectivity index (χ1n) is 5.34. The van der Waals surface area contributed by atoms with Crippen molar-refractivity contribution < 1.29 is 5.11 Å². The SMILES string of the molecule is CC1(N2CCC(O)CC2)CCNC1.